The van der Waals surface area contributed by atoms with Gasteiger partial charge < -0.3 is 4.98 Å². The Balaban J connectivity index is 3.34. The standard InChI is InChI=1S/C4H5N3O3/c8-3-2(7-10)1-5-4(9)6-3/h1,7,10H,(H2,5,6,8,9). The van der Waals surface area contributed by atoms with Crippen LogP contribution in [-0.2, 0) is 0 Å². The van der Waals surface area contributed by atoms with E-state index in [1.54, 1.807) is 5.48 Å². The zero-order valence-corrected chi connectivity index (χ0v) is 4.84. The van der Waals surface area contributed by atoms with Gasteiger partial charge in [0.25, 0.3) is 5.56 Å². The van der Waals surface area contributed by atoms with Crippen molar-refractivity contribution in [3.63, 3.8) is 0 Å². The Hall–Kier alpha value is -1.56. The molecule has 0 radical (unpaired) electrons. The third-order valence-electron chi connectivity index (χ3n) is 0.940. The third kappa shape index (κ3) is 1.06. The SMILES string of the molecule is O=c1[nH]cc(NO)c(=O)[nH]1. The van der Waals surface area contributed by atoms with Crippen LogP contribution in [0.4, 0.5) is 5.69 Å². The van der Waals surface area contributed by atoms with Crippen molar-refractivity contribution in [1.82, 2.24) is 9.97 Å². The van der Waals surface area contributed by atoms with Gasteiger partial charge in [0.15, 0.2) is 0 Å². The van der Waals surface area contributed by atoms with Crippen LogP contribution < -0.4 is 16.7 Å². The molecule has 1 rings (SSSR count). The molecule has 1 aromatic heterocycles. The smallest absolute Gasteiger partial charge is 0.312 e. The van der Waals surface area contributed by atoms with E-state index >= 15 is 0 Å². The number of aromatic nitrogens is 2. The van der Waals surface area contributed by atoms with Crippen LogP contribution in [0.5, 0.6) is 0 Å². The lowest BCUT2D eigenvalue weighted by Gasteiger charge is -1.92. The lowest BCUT2D eigenvalue weighted by Crippen LogP contribution is -2.23. The first-order valence-corrected chi connectivity index (χ1v) is 2.46. The molecule has 1 aromatic rings. The van der Waals surface area contributed by atoms with Gasteiger partial charge in [0, 0.05) is 6.20 Å². The Morgan fingerprint density at radius 1 is 1.50 bits per heavy atom. The predicted molar refractivity (Wildman–Crippen MR) is 33.1 cm³/mol. The van der Waals surface area contributed by atoms with Crippen LogP contribution in [-0.4, -0.2) is 15.2 Å². The van der Waals surface area contributed by atoms with Crippen molar-refractivity contribution >= 4 is 5.69 Å². The molecule has 10 heavy (non-hydrogen) atoms. The molecule has 0 aliphatic carbocycles. The molecule has 0 aromatic carbocycles. The molecule has 0 unspecified atom stereocenters. The van der Waals surface area contributed by atoms with Crippen molar-refractivity contribution in [2.24, 2.45) is 0 Å². The lowest BCUT2D eigenvalue weighted by atomic mass is 10.5. The van der Waals surface area contributed by atoms with Gasteiger partial charge in [-0.2, -0.15) is 0 Å². The fourth-order valence-corrected chi connectivity index (χ4v) is 0.493. The minimum atomic E-state index is -0.661. The van der Waals surface area contributed by atoms with Crippen LogP contribution >= 0.6 is 0 Å². The molecule has 0 aliphatic heterocycles. The van der Waals surface area contributed by atoms with Gasteiger partial charge in [-0.05, 0) is 0 Å². The second-order valence-electron chi connectivity index (χ2n) is 1.60. The average molecular weight is 143 g/mol. The molecule has 0 fully saturated rings. The number of hydrogen-bond acceptors (Lipinski definition) is 4. The van der Waals surface area contributed by atoms with Gasteiger partial charge in [0.05, 0.1) is 0 Å². The lowest BCUT2D eigenvalue weighted by molar-refractivity contribution is 0.387. The Morgan fingerprint density at radius 3 is 2.70 bits per heavy atom. The molecule has 54 valence electrons. The molecule has 0 atom stereocenters. The summed E-state index contributed by atoms with van der Waals surface area (Å²) in [4.78, 5) is 25.0. The van der Waals surface area contributed by atoms with E-state index in [0.29, 0.717) is 0 Å². The fourth-order valence-electron chi connectivity index (χ4n) is 0.493. The summed E-state index contributed by atoms with van der Waals surface area (Å²) < 4.78 is 0. The number of H-pyrrole nitrogens is 2. The molecule has 4 N–H and O–H groups in total. The summed E-state index contributed by atoms with van der Waals surface area (Å²) >= 11 is 0. The average Bonchev–Trinajstić information content (AvgIpc) is 1.88. The van der Waals surface area contributed by atoms with Crippen LogP contribution in [0.15, 0.2) is 15.8 Å². The first-order chi connectivity index (χ1) is 4.74. The molecule has 0 amide bonds. The highest BCUT2D eigenvalue weighted by molar-refractivity contribution is 5.33. The molecule has 1 heterocycles. The summed E-state index contributed by atoms with van der Waals surface area (Å²) in [5, 5.41) is 8.22. The van der Waals surface area contributed by atoms with Crippen LogP contribution in [0.2, 0.25) is 0 Å². The van der Waals surface area contributed by atoms with Crippen molar-refractivity contribution < 1.29 is 5.21 Å². The van der Waals surface area contributed by atoms with E-state index in [1.165, 1.54) is 0 Å². The van der Waals surface area contributed by atoms with Gasteiger partial charge in [0.2, 0.25) is 0 Å². The largest absolute Gasteiger partial charge is 0.325 e. The summed E-state index contributed by atoms with van der Waals surface area (Å²) in [5.74, 6) is 0. The fraction of sp³-hybridized carbons (Fsp3) is 0. The van der Waals surface area contributed by atoms with Gasteiger partial charge in [-0.3, -0.25) is 20.5 Å². The topological polar surface area (TPSA) is 98.0 Å². The van der Waals surface area contributed by atoms with E-state index in [-0.39, 0.29) is 5.69 Å². The van der Waals surface area contributed by atoms with Crippen molar-refractivity contribution in [3.8, 4) is 0 Å². The van der Waals surface area contributed by atoms with E-state index in [1.807, 2.05) is 4.98 Å². The molecule has 0 spiro atoms. The molecular formula is C4H5N3O3. The van der Waals surface area contributed by atoms with E-state index < -0.39 is 11.2 Å². The van der Waals surface area contributed by atoms with Crippen molar-refractivity contribution in [3.05, 3.63) is 27.0 Å². The second kappa shape index (κ2) is 2.36. The monoisotopic (exact) mass is 143 g/mol. The third-order valence-corrected chi connectivity index (χ3v) is 0.940. The summed E-state index contributed by atoms with van der Waals surface area (Å²) in [6.45, 7) is 0. The Bertz CT molecular complexity index is 325. The maximum atomic E-state index is 10.6. The van der Waals surface area contributed by atoms with Crippen LogP contribution in [0.25, 0.3) is 0 Å². The minimum Gasteiger partial charge on any atom is -0.312 e. The van der Waals surface area contributed by atoms with Crippen molar-refractivity contribution in [2.45, 2.75) is 0 Å². The number of anilines is 1. The highest BCUT2D eigenvalue weighted by atomic mass is 16.5. The van der Waals surface area contributed by atoms with Crippen molar-refractivity contribution in [1.29, 1.82) is 0 Å². The molecule has 0 saturated heterocycles. The summed E-state index contributed by atoms with van der Waals surface area (Å²) in [7, 11) is 0. The Labute approximate surface area is 54.5 Å². The number of nitrogens with one attached hydrogen (secondary N) is 3. The molecule has 0 bridgehead atoms. The number of rotatable bonds is 1. The number of aromatic amines is 2. The number of hydrogen-bond donors (Lipinski definition) is 4. The molecule has 6 nitrogen and oxygen atoms in total. The van der Waals surface area contributed by atoms with E-state index in [2.05, 4.69) is 4.98 Å². The van der Waals surface area contributed by atoms with Gasteiger partial charge >= 0.3 is 5.69 Å². The van der Waals surface area contributed by atoms with Crippen LogP contribution in [0.3, 0.4) is 0 Å². The quantitative estimate of drug-likeness (QED) is 0.373. The molecule has 0 aliphatic rings. The van der Waals surface area contributed by atoms with Gasteiger partial charge in [-0.15, -0.1) is 0 Å². The van der Waals surface area contributed by atoms with Gasteiger partial charge in [-0.1, -0.05) is 0 Å². The molecular weight excluding hydrogens is 138 g/mol. The highest BCUT2D eigenvalue weighted by Gasteiger charge is 1.94. The minimum absolute atomic E-state index is 0.0976. The van der Waals surface area contributed by atoms with E-state index in [9.17, 15) is 9.59 Å². The first-order valence-electron chi connectivity index (χ1n) is 2.46. The van der Waals surface area contributed by atoms with Crippen LogP contribution in [0, 0.1) is 0 Å². The summed E-state index contributed by atoms with van der Waals surface area (Å²) in [6.07, 6.45) is 1.07. The Kier molecular flexibility index (Phi) is 1.55. The first kappa shape index (κ1) is 6.56. The van der Waals surface area contributed by atoms with E-state index in [0.717, 1.165) is 6.20 Å². The summed E-state index contributed by atoms with van der Waals surface area (Å²) in [6, 6.07) is 0. The zero-order chi connectivity index (χ0) is 7.56. The molecule has 0 saturated carbocycles. The zero-order valence-electron chi connectivity index (χ0n) is 4.84. The maximum Gasteiger partial charge on any atom is 0.325 e. The van der Waals surface area contributed by atoms with Crippen LogP contribution in [0.1, 0.15) is 0 Å². The predicted octanol–water partition coefficient (Wildman–Crippen LogP) is -1.14. The van der Waals surface area contributed by atoms with E-state index in [4.69, 9.17) is 5.21 Å². The maximum absolute atomic E-state index is 10.6. The summed E-state index contributed by atoms with van der Waals surface area (Å²) in [5.41, 5.74) is 0.243. The Morgan fingerprint density at radius 2 is 2.20 bits per heavy atom. The second-order valence-corrected chi connectivity index (χ2v) is 1.60. The van der Waals surface area contributed by atoms with Crippen molar-refractivity contribution in [2.75, 3.05) is 5.48 Å². The van der Waals surface area contributed by atoms with Gasteiger partial charge in [-0.25, -0.2) is 4.79 Å². The molecule has 6 heteroatoms. The van der Waals surface area contributed by atoms with Gasteiger partial charge in [0.1, 0.15) is 5.69 Å². The highest BCUT2D eigenvalue weighted by Crippen LogP contribution is 1.85. The normalized spacial score (nSPS) is 9.30.